The number of hydrogen-bond donors (Lipinski definition) is 2. The first-order valence-electron chi connectivity index (χ1n) is 9.95. The Morgan fingerprint density at radius 3 is 2.81 bits per heavy atom. The van der Waals surface area contributed by atoms with E-state index in [9.17, 15) is 22.8 Å². The Bertz CT molecular complexity index is 1040. The lowest BCUT2D eigenvalue weighted by atomic mass is 10.0. The summed E-state index contributed by atoms with van der Waals surface area (Å²) in [6.07, 6.45) is 1.57. The first-order chi connectivity index (χ1) is 15.2. The third-order valence-electron chi connectivity index (χ3n) is 5.92. The van der Waals surface area contributed by atoms with Gasteiger partial charge in [-0.3, -0.25) is 9.89 Å². The smallest absolute Gasteiger partial charge is 0.332 e. The third kappa shape index (κ3) is 4.40. The number of halogens is 4. The van der Waals surface area contributed by atoms with Crippen LogP contribution in [0, 0.1) is 5.82 Å². The van der Waals surface area contributed by atoms with Crippen molar-refractivity contribution < 1.29 is 27.5 Å². The molecule has 12 heteroatoms. The standard InChI is InChI=1S/C20H21ClF3N5O3/c1-28(20(5-6-20)10-32-18(23)24)17(30)16-12-9-29(7-4-15(12)26-27-16)19(31)25-11-2-3-14(22)13(21)8-11/h2-3,8,18H,4-7,9-10H2,1H3,(H,25,31)(H,26,27). The zero-order chi connectivity index (χ0) is 23.0. The van der Waals surface area contributed by atoms with Gasteiger partial charge in [0, 0.05) is 37.0 Å². The van der Waals surface area contributed by atoms with Crippen molar-refractivity contribution in [3.8, 4) is 0 Å². The highest BCUT2D eigenvalue weighted by Gasteiger charge is 2.50. The van der Waals surface area contributed by atoms with Crippen molar-refractivity contribution in [2.45, 2.75) is 38.0 Å². The van der Waals surface area contributed by atoms with E-state index in [0.29, 0.717) is 37.1 Å². The highest BCUT2D eigenvalue weighted by Crippen LogP contribution is 2.42. The van der Waals surface area contributed by atoms with Gasteiger partial charge in [-0.05, 0) is 31.0 Å². The second-order valence-corrected chi connectivity index (χ2v) is 8.33. The summed E-state index contributed by atoms with van der Waals surface area (Å²) in [7, 11) is 1.54. The Balaban J connectivity index is 1.46. The maximum absolute atomic E-state index is 13.3. The van der Waals surface area contributed by atoms with Crippen LogP contribution in [-0.4, -0.2) is 64.3 Å². The highest BCUT2D eigenvalue weighted by molar-refractivity contribution is 6.31. The van der Waals surface area contributed by atoms with Gasteiger partial charge in [-0.25, -0.2) is 9.18 Å². The van der Waals surface area contributed by atoms with Crippen molar-refractivity contribution in [1.29, 1.82) is 0 Å². The average molecular weight is 472 g/mol. The van der Waals surface area contributed by atoms with E-state index in [2.05, 4.69) is 20.3 Å². The van der Waals surface area contributed by atoms with Crippen LogP contribution in [0.2, 0.25) is 5.02 Å². The van der Waals surface area contributed by atoms with Crippen molar-refractivity contribution in [1.82, 2.24) is 20.0 Å². The fourth-order valence-corrected chi connectivity index (χ4v) is 3.92. The van der Waals surface area contributed by atoms with Crippen LogP contribution in [0.4, 0.5) is 23.7 Å². The number of aromatic nitrogens is 2. The van der Waals surface area contributed by atoms with Gasteiger partial charge in [0.1, 0.15) is 5.82 Å². The minimum absolute atomic E-state index is 0.112. The first kappa shape index (κ1) is 22.4. The van der Waals surface area contributed by atoms with Crippen LogP contribution < -0.4 is 5.32 Å². The van der Waals surface area contributed by atoms with Crippen LogP contribution >= 0.6 is 11.6 Å². The second kappa shape index (κ2) is 8.62. The van der Waals surface area contributed by atoms with E-state index in [1.807, 2.05) is 0 Å². The lowest BCUT2D eigenvalue weighted by Gasteiger charge is -2.29. The van der Waals surface area contributed by atoms with Gasteiger partial charge in [0.15, 0.2) is 5.69 Å². The molecule has 172 valence electrons. The molecule has 0 bridgehead atoms. The van der Waals surface area contributed by atoms with Gasteiger partial charge in [-0.15, -0.1) is 0 Å². The highest BCUT2D eigenvalue weighted by atomic mass is 35.5. The number of urea groups is 1. The Morgan fingerprint density at radius 2 is 2.16 bits per heavy atom. The quantitative estimate of drug-likeness (QED) is 0.673. The Labute approximate surface area is 186 Å². The molecule has 1 fully saturated rings. The molecule has 2 aliphatic rings. The molecule has 1 aromatic heterocycles. The average Bonchev–Trinajstić information content (AvgIpc) is 3.45. The zero-order valence-corrected chi connectivity index (χ0v) is 17.9. The summed E-state index contributed by atoms with van der Waals surface area (Å²) in [5, 5.41) is 9.52. The van der Waals surface area contributed by atoms with Gasteiger partial charge in [-0.2, -0.15) is 13.9 Å². The Kier molecular flexibility index (Phi) is 6.04. The van der Waals surface area contributed by atoms with Crippen LogP contribution in [0.25, 0.3) is 0 Å². The molecule has 1 aliphatic carbocycles. The molecule has 32 heavy (non-hydrogen) atoms. The molecular weight excluding hydrogens is 451 g/mol. The SMILES string of the molecule is CN(C(=O)c1n[nH]c2c1CN(C(=O)Nc1ccc(F)c(Cl)c1)CC2)C1(COC(F)F)CC1. The van der Waals surface area contributed by atoms with E-state index in [0.717, 1.165) is 11.8 Å². The van der Waals surface area contributed by atoms with Gasteiger partial charge in [-0.1, -0.05) is 11.6 Å². The summed E-state index contributed by atoms with van der Waals surface area (Å²) >= 11 is 5.76. The first-order valence-corrected chi connectivity index (χ1v) is 10.3. The van der Waals surface area contributed by atoms with Crippen LogP contribution in [0.1, 0.15) is 34.6 Å². The molecule has 3 amide bonds. The molecule has 0 radical (unpaired) electrons. The topological polar surface area (TPSA) is 90.6 Å². The number of anilines is 1. The van der Waals surface area contributed by atoms with E-state index in [1.165, 1.54) is 29.0 Å². The van der Waals surface area contributed by atoms with Crippen LogP contribution in [0.5, 0.6) is 0 Å². The fraction of sp³-hybridized carbons (Fsp3) is 0.450. The number of likely N-dealkylation sites (N-methyl/N-ethyl adjacent to an activating group) is 1. The number of aromatic amines is 1. The minimum Gasteiger partial charge on any atom is -0.332 e. The van der Waals surface area contributed by atoms with Gasteiger partial charge in [0.05, 0.1) is 23.7 Å². The summed E-state index contributed by atoms with van der Waals surface area (Å²) in [4.78, 5) is 28.7. The Hall–Kier alpha value is -2.79. The van der Waals surface area contributed by atoms with Crippen molar-refractivity contribution >= 4 is 29.2 Å². The fourth-order valence-electron chi connectivity index (χ4n) is 3.73. The number of fused-ring (bicyclic) bond motifs is 1. The van der Waals surface area contributed by atoms with E-state index < -0.39 is 29.9 Å². The van der Waals surface area contributed by atoms with Gasteiger partial charge >= 0.3 is 12.6 Å². The number of hydrogen-bond acceptors (Lipinski definition) is 4. The number of amides is 3. The number of carbonyl (C=O) groups excluding carboxylic acids is 2. The molecule has 0 spiro atoms. The molecule has 8 nitrogen and oxygen atoms in total. The lowest BCUT2D eigenvalue weighted by Crippen LogP contribution is -2.44. The summed E-state index contributed by atoms with van der Waals surface area (Å²) < 4.78 is 42.7. The molecule has 1 aromatic carbocycles. The number of nitrogens with one attached hydrogen (secondary N) is 2. The van der Waals surface area contributed by atoms with E-state index in [4.69, 9.17) is 11.6 Å². The summed E-state index contributed by atoms with van der Waals surface area (Å²) in [5.74, 6) is -1.02. The van der Waals surface area contributed by atoms with Crippen molar-refractivity contribution in [2.24, 2.45) is 0 Å². The molecule has 2 aromatic rings. The molecule has 1 aliphatic heterocycles. The number of H-pyrrole nitrogens is 1. The molecule has 2 heterocycles. The summed E-state index contributed by atoms with van der Waals surface area (Å²) in [6.45, 7) is -2.65. The maximum atomic E-state index is 13.3. The van der Waals surface area contributed by atoms with Crippen LogP contribution in [0.3, 0.4) is 0 Å². The number of ether oxygens (including phenoxy) is 1. The molecule has 0 saturated heterocycles. The van der Waals surface area contributed by atoms with E-state index in [-0.39, 0.29) is 23.9 Å². The summed E-state index contributed by atoms with van der Waals surface area (Å²) in [6, 6.07) is 3.42. The van der Waals surface area contributed by atoms with E-state index >= 15 is 0 Å². The monoisotopic (exact) mass is 471 g/mol. The van der Waals surface area contributed by atoms with Crippen LogP contribution in [-0.2, 0) is 17.7 Å². The number of nitrogens with zero attached hydrogens (tertiary/aromatic N) is 3. The zero-order valence-electron chi connectivity index (χ0n) is 17.1. The molecule has 0 atom stereocenters. The molecule has 0 unspecified atom stereocenters. The number of carbonyl (C=O) groups is 2. The van der Waals surface area contributed by atoms with Crippen LogP contribution in [0.15, 0.2) is 18.2 Å². The molecular formula is C20H21ClF3N5O3. The largest absolute Gasteiger partial charge is 0.345 e. The minimum atomic E-state index is -2.91. The predicted octanol–water partition coefficient (Wildman–Crippen LogP) is 3.64. The normalized spacial score (nSPS) is 16.6. The molecule has 1 saturated carbocycles. The number of benzene rings is 1. The molecule has 4 rings (SSSR count). The third-order valence-corrected chi connectivity index (χ3v) is 6.21. The lowest BCUT2D eigenvalue weighted by molar-refractivity contribution is -0.141. The van der Waals surface area contributed by atoms with Gasteiger partial charge in [0.2, 0.25) is 0 Å². The van der Waals surface area contributed by atoms with Crippen molar-refractivity contribution in [3.63, 3.8) is 0 Å². The van der Waals surface area contributed by atoms with Crippen molar-refractivity contribution in [3.05, 3.63) is 46.0 Å². The number of alkyl halides is 2. The predicted molar refractivity (Wildman–Crippen MR) is 109 cm³/mol. The van der Waals surface area contributed by atoms with E-state index in [1.54, 1.807) is 0 Å². The molecule has 2 N–H and O–H groups in total. The van der Waals surface area contributed by atoms with Crippen molar-refractivity contribution in [2.75, 3.05) is 25.5 Å². The summed E-state index contributed by atoms with van der Waals surface area (Å²) in [5.41, 5.74) is 1.03. The second-order valence-electron chi connectivity index (χ2n) is 7.92. The number of rotatable bonds is 6. The van der Waals surface area contributed by atoms with Gasteiger partial charge in [0.25, 0.3) is 5.91 Å². The maximum Gasteiger partial charge on any atom is 0.345 e. The Morgan fingerprint density at radius 1 is 1.41 bits per heavy atom. The van der Waals surface area contributed by atoms with Gasteiger partial charge < -0.3 is 19.9 Å².